The van der Waals surface area contributed by atoms with Crippen LogP contribution in [-0.4, -0.2) is 50.4 Å². The molecular formula is C21H22N4O4. The van der Waals surface area contributed by atoms with Gasteiger partial charge in [0.1, 0.15) is 5.52 Å². The minimum atomic E-state index is -0.900. The molecule has 0 radical (unpaired) electrons. The van der Waals surface area contributed by atoms with Crippen LogP contribution in [0.5, 0.6) is 0 Å². The van der Waals surface area contributed by atoms with Crippen LogP contribution in [0.3, 0.4) is 0 Å². The summed E-state index contributed by atoms with van der Waals surface area (Å²) in [5.74, 6) is -0.425. The number of nitrogens with zero attached hydrogens (tertiary/aromatic N) is 2. The molecule has 1 aliphatic heterocycles. The number of nitrogens with one attached hydrogen (secondary N) is 1. The van der Waals surface area contributed by atoms with Crippen LogP contribution in [-0.2, 0) is 6.61 Å². The van der Waals surface area contributed by atoms with Crippen molar-refractivity contribution in [2.45, 2.75) is 25.4 Å². The summed E-state index contributed by atoms with van der Waals surface area (Å²) in [6, 6.07) is 11.2. The van der Waals surface area contributed by atoms with Gasteiger partial charge in [-0.1, -0.05) is 24.3 Å². The number of piperidine rings is 1. The average Bonchev–Trinajstić information content (AvgIpc) is 3.17. The Morgan fingerprint density at radius 3 is 2.41 bits per heavy atom. The van der Waals surface area contributed by atoms with E-state index in [4.69, 9.17) is 10.8 Å². The third-order valence-electron chi connectivity index (χ3n) is 5.60. The molecule has 8 heteroatoms. The lowest BCUT2D eigenvalue weighted by atomic mass is 9.90. The van der Waals surface area contributed by atoms with Gasteiger partial charge in [-0.2, -0.15) is 5.10 Å². The fourth-order valence-corrected chi connectivity index (χ4v) is 3.96. The molecule has 2 amide bonds. The summed E-state index contributed by atoms with van der Waals surface area (Å²) in [4.78, 5) is 24.6. The first-order valence-electron chi connectivity index (χ1n) is 9.47. The van der Waals surface area contributed by atoms with E-state index in [0.717, 1.165) is 27.8 Å². The highest BCUT2D eigenvalue weighted by Crippen LogP contribution is 2.35. The van der Waals surface area contributed by atoms with Crippen molar-refractivity contribution in [2.75, 3.05) is 13.1 Å². The lowest BCUT2D eigenvalue weighted by molar-refractivity contribution is 0.100. The number of aliphatic hydroxyl groups excluding tert-OH is 1. The van der Waals surface area contributed by atoms with Crippen LogP contribution >= 0.6 is 0 Å². The van der Waals surface area contributed by atoms with Gasteiger partial charge in [-0.05, 0) is 41.7 Å². The highest BCUT2D eigenvalue weighted by Gasteiger charge is 2.27. The van der Waals surface area contributed by atoms with Crippen molar-refractivity contribution in [3.63, 3.8) is 0 Å². The number of benzene rings is 2. The molecule has 3 aromatic rings. The molecule has 1 aromatic heterocycles. The predicted molar refractivity (Wildman–Crippen MR) is 108 cm³/mol. The Bertz CT molecular complexity index is 1070. The summed E-state index contributed by atoms with van der Waals surface area (Å²) < 4.78 is 0. The van der Waals surface area contributed by atoms with Crippen LogP contribution in [0.4, 0.5) is 4.79 Å². The topological polar surface area (TPSA) is 133 Å². The Kier molecular flexibility index (Phi) is 4.94. The second-order valence-electron chi connectivity index (χ2n) is 7.32. The Morgan fingerprint density at radius 1 is 1.14 bits per heavy atom. The van der Waals surface area contributed by atoms with Crippen molar-refractivity contribution in [3.05, 3.63) is 53.2 Å². The van der Waals surface area contributed by atoms with Crippen LogP contribution < -0.4 is 5.73 Å². The fraction of sp³-hybridized carbons (Fsp3) is 0.286. The van der Waals surface area contributed by atoms with Gasteiger partial charge in [-0.25, -0.2) is 4.79 Å². The van der Waals surface area contributed by atoms with Gasteiger partial charge in [0.25, 0.3) is 5.91 Å². The van der Waals surface area contributed by atoms with E-state index in [1.54, 1.807) is 6.07 Å². The Balaban J connectivity index is 1.76. The number of aliphatic hydroxyl groups is 1. The zero-order valence-electron chi connectivity index (χ0n) is 15.8. The van der Waals surface area contributed by atoms with Gasteiger partial charge in [-0.15, -0.1) is 0 Å². The number of aromatic amines is 1. The van der Waals surface area contributed by atoms with E-state index >= 15 is 0 Å². The molecular weight excluding hydrogens is 372 g/mol. The highest BCUT2D eigenvalue weighted by molar-refractivity contribution is 6.07. The molecule has 0 bridgehead atoms. The lowest BCUT2D eigenvalue weighted by Gasteiger charge is -2.29. The van der Waals surface area contributed by atoms with E-state index in [1.165, 1.54) is 4.90 Å². The quantitative estimate of drug-likeness (QED) is 0.540. The molecule has 1 saturated heterocycles. The third kappa shape index (κ3) is 3.54. The zero-order valence-corrected chi connectivity index (χ0v) is 15.8. The van der Waals surface area contributed by atoms with Crippen molar-refractivity contribution in [2.24, 2.45) is 5.73 Å². The van der Waals surface area contributed by atoms with Crippen molar-refractivity contribution < 1.29 is 19.8 Å². The molecule has 1 aliphatic rings. The van der Waals surface area contributed by atoms with E-state index in [2.05, 4.69) is 10.2 Å². The van der Waals surface area contributed by atoms with Crippen LogP contribution in [0.1, 0.15) is 40.4 Å². The summed E-state index contributed by atoms with van der Waals surface area (Å²) in [5, 5.41) is 26.6. The molecule has 5 N–H and O–H groups in total. The molecule has 0 unspecified atom stereocenters. The van der Waals surface area contributed by atoms with Crippen molar-refractivity contribution in [3.8, 4) is 11.1 Å². The van der Waals surface area contributed by atoms with Crippen LogP contribution in [0, 0.1) is 0 Å². The number of hydrogen-bond donors (Lipinski definition) is 4. The Labute approximate surface area is 166 Å². The number of hydrogen-bond acceptors (Lipinski definition) is 4. The van der Waals surface area contributed by atoms with E-state index < -0.39 is 12.0 Å². The maximum absolute atomic E-state index is 12.1. The first kappa shape index (κ1) is 18.9. The standard InChI is InChI=1S/C21H22N4O4/c22-20(27)17-10-15(13-3-1-12(11-26)2-4-13)9-16-18(23-24-19(16)17)14-5-7-25(8-6-14)21(28)29/h1-4,9-10,14,26H,5-8,11H2,(H2,22,27)(H,23,24)(H,28,29). The normalized spacial score (nSPS) is 15.0. The maximum Gasteiger partial charge on any atom is 0.407 e. The first-order chi connectivity index (χ1) is 14.0. The highest BCUT2D eigenvalue weighted by atomic mass is 16.4. The molecule has 2 aromatic carbocycles. The van der Waals surface area contributed by atoms with Gasteiger partial charge in [0, 0.05) is 30.1 Å². The second-order valence-corrected chi connectivity index (χ2v) is 7.32. The number of nitrogens with two attached hydrogens (primary N) is 1. The lowest BCUT2D eigenvalue weighted by Crippen LogP contribution is -2.36. The maximum atomic E-state index is 12.1. The molecule has 0 atom stereocenters. The number of carbonyl (C=O) groups is 2. The first-order valence-corrected chi connectivity index (χ1v) is 9.47. The van der Waals surface area contributed by atoms with Crippen LogP contribution in [0.25, 0.3) is 22.0 Å². The number of carboxylic acid groups (broad SMARTS) is 1. The minimum Gasteiger partial charge on any atom is -0.465 e. The number of rotatable bonds is 4. The smallest absolute Gasteiger partial charge is 0.407 e. The molecule has 29 heavy (non-hydrogen) atoms. The number of aromatic nitrogens is 2. The van der Waals surface area contributed by atoms with Crippen LogP contribution in [0.15, 0.2) is 36.4 Å². The van der Waals surface area contributed by atoms with Gasteiger partial charge in [-0.3, -0.25) is 9.89 Å². The summed E-state index contributed by atoms with van der Waals surface area (Å²) in [6.45, 7) is 0.893. The number of amides is 2. The summed E-state index contributed by atoms with van der Waals surface area (Å²) in [5.41, 5.74) is 9.93. The summed E-state index contributed by atoms with van der Waals surface area (Å²) in [6.07, 6.45) is 0.470. The van der Waals surface area contributed by atoms with Gasteiger partial charge >= 0.3 is 6.09 Å². The monoisotopic (exact) mass is 394 g/mol. The molecule has 4 rings (SSSR count). The Hall–Kier alpha value is -3.39. The number of carbonyl (C=O) groups excluding carboxylic acids is 1. The van der Waals surface area contributed by atoms with E-state index in [9.17, 15) is 14.7 Å². The second kappa shape index (κ2) is 7.56. The van der Waals surface area contributed by atoms with E-state index in [1.807, 2.05) is 30.3 Å². The summed E-state index contributed by atoms with van der Waals surface area (Å²) in [7, 11) is 0. The molecule has 1 fully saturated rings. The fourth-order valence-electron chi connectivity index (χ4n) is 3.96. The SMILES string of the molecule is NC(=O)c1cc(-c2ccc(CO)cc2)cc2c(C3CCN(C(=O)O)CC3)[nH]nc12. The van der Waals surface area contributed by atoms with Crippen LogP contribution in [0.2, 0.25) is 0 Å². The van der Waals surface area contributed by atoms with Gasteiger partial charge in [0.15, 0.2) is 0 Å². The molecule has 0 spiro atoms. The zero-order chi connectivity index (χ0) is 20.5. The van der Waals surface area contributed by atoms with Gasteiger partial charge in [0.2, 0.25) is 0 Å². The van der Waals surface area contributed by atoms with Crippen molar-refractivity contribution in [1.29, 1.82) is 0 Å². The molecule has 0 saturated carbocycles. The largest absolute Gasteiger partial charge is 0.465 e. The predicted octanol–water partition coefficient (Wildman–Crippen LogP) is 2.68. The van der Waals surface area contributed by atoms with Gasteiger partial charge < -0.3 is 20.8 Å². The third-order valence-corrected chi connectivity index (χ3v) is 5.60. The van der Waals surface area contributed by atoms with Crippen molar-refractivity contribution >= 4 is 22.9 Å². The van der Waals surface area contributed by atoms with Crippen molar-refractivity contribution in [1.82, 2.24) is 15.1 Å². The molecule has 0 aliphatic carbocycles. The number of H-pyrrole nitrogens is 1. The number of fused-ring (bicyclic) bond motifs is 1. The van der Waals surface area contributed by atoms with Gasteiger partial charge in [0.05, 0.1) is 12.2 Å². The number of likely N-dealkylation sites (tertiary alicyclic amines) is 1. The molecule has 2 heterocycles. The summed E-state index contributed by atoms with van der Waals surface area (Å²) >= 11 is 0. The number of primary amides is 1. The molecule has 150 valence electrons. The van der Waals surface area contributed by atoms with E-state index in [-0.39, 0.29) is 12.5 Å². The Morgan fingerprint density at radius 2 is 1.83 bits per heavy atom. The van der Waals surface area contributed by atoms with E-state index in [0.29, 0.717) is 37.0 Å². The average molecular weight is 394 g/mol. The minimum absolute atomic E-state index is 0.0350. The molecule has 8 nitrogen and oxygen atoms in total.